The van der Waals surface area contributed by atoms with Crippen molar-refractivity contribution in [3.63, 3.8) is 0 Å². The van der Waals surface area contributed by atoms with Gasteiger partial charge in [-0.15, -0.1) is 0 Å². The van der Waals surface area contributed by atoms with Crippen molar-refractivity contribution < 1.29 is 47.2 Å². The zero-order valence-electron chi connectivity index (χ0n) is 35.6. The lowest BCUT2D eigenvalue weighted by Crippen LogP contribution is -2.37. The number of quaternary nitrogens is 1. The van der Waals surface area contributed by atoms with Crippen LogP contribution in [0.25, 0.3) is 0 Å². The number of allylic oxidation sites excluding steroid dienone is 17. The van der Waals surface area contributed by atoms with Crippen LogP contribution in [0.1, 0.15) is 110 Å². The number of hydrogen-bond acceptors (Lipinski definition) is 8. The molecule has 0 fully saturated rings. The molecule has 3 atom stereocenters. The molecule has 0 radical (unpaired) electrons. The minimum absolute atomic E-state index is 0.000837. The summed E-state index contributed by atoms with van der Waals surface area (Å²) in [5.74, 6) is -0.950. The fourth-order valence-corrected chi connectivity index (χ4v) is 5.32. The van der Waals surface area contributed by atoms with E-state index in [1.54, 1.807) is 6.08 Å². The Kier molecular flexibility index (Phi) is 34.8. The Morgan fingerprint density at radius 1 is 0.632 bits per heavy atom. The van der Waals surface area contributed by atoms with Gasteiger partial charge in [0.05, 0.1) is 33.9 Å². The highest BCUT2D eigenvalue weighted by Crippen LogP contribution is 2.43. The molecule has 0 bridgehead atoms. The summed E-state index contributed by atoms with van der Waals surface area (Å²) in [4.78, 5) is 35.3. The fourth-order valence-electron chi connectivity index (χ4n) is 4.58. The highest BCUT2D eigenvalue weighted by molar-refractivity contribution is 7.47. The highest BCUT2D eigenvalue weighted by Gasteiger charge is 2.27. The van der Waals surface area contributed by atoms with Crippen LogP contribution in [0.3, 0.4) is 0 Å². The topological polar surface area (TPSA) is 129 Å². The van der Waals surface area contributed by atoms with E-state index in [9.17, 15) is 24.2 Å². The van der Waals surface area contributed by atoms with Gasteiger partial charge in [0.2, 0.25) is 0 Å². The van der Waals surface area contributed by atoms with Gasteiger partial charge in [0.25, 0.3) is 0 Å². The maximum absolute atomic E-state index is 12.6. The molecule has 0 aliphatic heterocycles. The van der Waals surface area contributed by atoms with E-state index in [-0.39, 0.29) is 32.2 Å². The molecule has 0 amide bonds. The van der Waals surface area contributed by atoms with Crippen LogP contribution in [0.5, 0.6) is 0 Å². The zero-order valence-corrected chi connectivity index (χ0v) is 36.5. The van der Waals surface area contributed by atoms with Gasteiger partial charge in [-0.2, -0.15) is 0 Å². The lowest BCUT2D eigenvalue weighted by atomic mass is 10.2. The summed E-state index contributed by atoms with van der Waals surface area (Å²) in [7, 11) is 1.37. The Bertz CT molecular complexity index is 1350. The second kappa shape index (κ2) is 36.9. The van der Waals surface area contributed by atoms with Crippen LogP contribution in [0.15, 0.2) is 109 Å². The summed E-state index contributed by atoms with van der Waals surface area (Å²) in [5, 5.41) is 9.48. The van der Waals surface area contributed by atoms with Crippen LogP contribution in [0.2, 0.25) is 0 Å². The fraction of sp³-hybridized carbons (Fsp3) is 0.565. The third kappa shape index (κ3) is 40.6. The second-order valence-corrected chi connectivity index (χ2v) is 15.9. The molecular weight excluding hydrogens is 741 g/mol. The molecule has 0 rings (SSSR count). The molecule has 322 valence electrons. The molecule has 0 saturated carbocycles. The number of aliphatic hydroxyl groups excluding tert-OH is 1. The van der Waals surface area contributed by atoms with Crippen molar-refractivity contribution in [1.29, 1.82) is 0 Å². The summed E-state index contributed by atoms with van der Waals surface area (Å²) in [6, 6.07) is 0. The number of esters is 2. The van der Waals surface area contributed by atoms with Crippen LogP contribution in [-0.4, -0.2) is 86.1 Å². The van der Waals surface area contributed by atoms with Gasteiger partial charge < -0.3 is 24.0 Å². The number of hydrogen-bond donors (Lipinski definition) is 2. The average molecular weight is 817 g/mol. The Hall–Kier alpha value is -3.37. The van der Waals surface area contributed by atoms with E-state index in [1.807, 2.05) is 58.4 Å². The van der Waals surface area contributed by atoms with E-state index in [1.165, 1.54) is 0 Å². The molecule has 11 heteroatoms. The standard InChI is InChI=1S/C46H74NO9P/c1-6-8-9-10-11-12-13-14-15-19-22-25-28-31-34-37-45(49)53-41-44(42-55-57(51,52)54-40-39-47(3,4)5)56-46(50)38-35-32-29-26-23-20-17-16-18-21-24-27-30-33-36-43(48)7-2/h8-9,11-12,14-15,17-18,20-22,25-27,29-30,33,36,43-44,48H,6-7,10,13,16,19,23-24,28,31-32,34-35,37-42H2,1-5H3/p+1/b9-8-,12-11-,15-14-,20-17-,21-18-,25-22-,29-26-,30-27-,36-33+/t43-,44-/m1/s1. The Morgan fingerprint density at radius 3 is 1.68 bits per heavy atom. The third-order valence-electron chi connectivity index (χ3n) is 7.96. The Labute approximate surface area is 345 Å². The molecule has 57 heavy (non-hydrogen) atoms. The predicted octanol–water partition coefficient (Wildman–Crippen LogP) is 10.5. The number of aliphatic hydroxyl groups is 1. The van der Waals surface area contributed by atoms with Gasteiger partial charge in [-0.05, 0) is 83.5 Å². The van der Waals surface area contributed by atoms with Crippen molar-refractivity contribution in [2.24, 2.45) is 0 Å². The number of phosphoric acid groups is 1. The normalized spacial score (nSPS) is 15.3. The summed E-state index contributed by atoms with van der Waals surface area (Å²) in [6.07, 6.45) is 46.7. The number of carbonyl (C=O) groups excluding carboxylic acids is 2. The minimum atomic E-state index is -4.41. The molecule has 0 saturated heterocycles. The summed E-state index contributed by atoms with van der Waals surface area (Å²) < 4.78 is 34.1. The lowest BCUT2D eigenvalue weighted by molar-refractivity contribution is -0.870. The van der Waals surface area contributed by atoms with Crippen molar-refractivity contribution in [3.8, 4) is 0 Å². The first-order valence-electron chi connectivity index (χ1n) is 20.7. The summed E-state index contributed by atoms with van der Waals surface area (Å²) in [5.41, 5.74) is 0. The molecule has 0 aliphatic carbocycles. The van der Waals surface area contributed by atoms with Crippen molar-refractivity contribution in [1.82, 2.24) is 0 Å². The predicted molar refractivity (Wildman–Crippen MR) is 234 cm³/mol. The number of carbonyl (C=O) groups is 2. The van der Waals surface area contributed by atoms with Gasteiger partial charge in [-0.3, -0.25) is 18.6 Å². The first-order chi connectivity index (χ1) is 27.4. The molecule has 2 N–H and O–H groups in total. The quantitative estimate of drug-likeness (QED) is 0.0160. The van der Waals surface area contributed by atoms with E-state index >= 15 is 0 Å². The first-order valence-corrected chi connectivity index (χ1v) is 22.2. The minimum Gasteiger partial charge on any atom is -0.462 e. The van der Waals surface area contributed by atoms with Gasteiger partial charge in [-0.25, -0.2) is 4.57 Å². The molecular formula is C46H75NO9P+. The van der Waals surface area contributed by atoms with Crippen LogP contribution in [0, 0.1) is 0 Å². The molecule has 1 unspecified atom stereocenters. The summed E-state index contributed by atoms with van der Waals surface area (Å²) in [6.45, 7) is 3.80. The number of rotatable bonds is 35. The van der Waals surface area contributed by atoms with Crippen LogP contribution in [-0.2, 0) is 32.7 Å². The number of unbranched alkanes of at least 4 members (excludes halogenated alkanes) is 3. The molecule has 0 spiro atoms. The maximum atomic E-state index is 12.6. The average Bonchev–Trinajstić information content (AvgIpc) is 3.16. The van der Waals surface area contributed by atoms with Gasteiger partial charge in [-0.1, -0.05) is 123 Å². The molecule has 0 aromatic carbocycles. The monoisotopic (exact) mass is 817 g/mol. The number of ether oxygens (including phenoxy) is 2. The van der Waals surface area contributed by atoms with Crippen molar-refractivity contribution in [3.05, 3.63) is 109 Å². The number of nitrogens with zero attached hydrogens (tertiary/aromatic N) is 1. The third-order valence-corrected chi connectivity index (χ3v) is 8.94. The number of phosphoric ester groups is 1. The van der Waals surface area contributed by atoms with Crippen LogP contribution < -0.4 is 0 Å². The first kappa shape index (κ1) is 53.6. The Balaban J connectivity index is 4.61. The molecule has 0 aromatic rings. The van der Waals surface area contributed by atoms with Crippen molar-refractivity contribution in [2.75, 3.05) is 47.5 Å². The second-order valence-electron chi connectivity index (χ2n) is 14.5. The largest absolute Gasteiger partial charge is 0.472 e. The van der Waals surface area contributed by atoms with E-state index in [0.717, 1.165) is 57.8 Å². The van der Waals surface area contributed by atoms with Gasteiger partial charge in [0, 0.05) is 12.8 Å². The maximum Gasteiger partial charge on any atom is 0.472 e. The highest BCUT2D eigenvalue weighted by atomic mass is 31.2. The molecule has 10 nitrogen and oxygen atoms in total. The van der Waals surface area contributed by atoms with E-state index < -0.39 is 32.5 Å². The van der Waals surface area contributed by atoms with E-state index in [2.05, 4.69) is 79.8 Å². The lowest BCUT2D eigenvalue weighted by Gasteiger charge is -2.24. The Morgan fingerprint density at radius 2 is 1.14 bits per heavy atom. The zero-order chi connectivity index (χ0) is 42.3. The van der Waals surface area contributed by atoms with E-state index in [4.69, 9.17) is 18.5 Å². The number of likely N-dealkylation sites (N-methyl/N-ethyl adjacent to an activating group) is 1. The van der Waals surface area contributed by atoms with Gasteiger partial charge >= 0.3 is 19.8 Å². The van der Waals surface area contributed by atoms with Gasteiger partial charge in [0.15, 0.2) is 6.10 Å². The van der Waals surface area contributed by atoms with Gasteiger partial charge in [0.1, 0.15) is 19.8 Å². The van der Waals surface area contributed by atoms with Crippen molar-refractivity contribution >= 4 is 19.8 Å². The molecule has 0 heterocycles. The smallest absolute Gasteiger partial charge is 0.462 e. The molecule has 0 aliphatic rings. The van der Waals surface area contributed by atoms with Crippen LogP contribution >= 0.6 is 7.82 Å². The summed E-state index contributed by atoms with van der Waals surface area (Å²) >= 11 is 0. The SMILES string of the molecule is CC/C=C\C/C=C\C/C=C\C/C=C\CCCCC(=O)OC[C@H](COP(=O)(O)OCC[N+](C)(C)C)OC(=O)CCC/C=C\C/C=C\C/C=C\C/C=C\C=C\[C@H](O)CC. The van der Waals surface area contributed by atoms with Crippen molar-refractivity contribution in [2.45, 2.75) is 122 Å². The molecule has 0 aromatic heterocycles. The van der Waals surface area contributed by atoms with E-state index in [0.29, 0.717) is 36.7 Å². The van der Waals surface area contributed by atoms with Crippen LogP contribution in [0.4, 0.5) is 0 Å².